The predicted molar refractivity (Wildman–Crippen MR) is 107 cm³/mol. The summed E-state index contributed by atoms with van der Waals surface area (Å²) in [5, 5.41) is 11.5. The van der Waals surface area contributed by atoms with Crippen molar-refractivity contribution >= 4 is 29.3 Å². The molecule has 2 aromatic heterocycles. The Morgan fingerprint density at radius 2 is 1.97 bits per heavy atom. The van der Waals surface area contributed by atoms with Crippen LogP contribution in [0.4, 0.5) is 10.1 Å². The average Bonchev–Trinajstić information content (AvgIpc) is 3.26. The molecule has 0 spiro atoms. The molecular weight excluding hydrogens is 397 g/mol. The highest BCUT2D eigenvalue weighted by molar-refractivity contribution is 7.99. The number of hydrogen-bond acceptors (Lipinski definition) is 6. The maximum atomic E-state index is 12.9. The maximum Gasteiger partial charge on any atom is 0.243 e. The van der Waals surface area contributed by atoms with E-state index in [-0.39, 0.29) is 29.9 Å². The molecule has 10 heteroatoms. The first-order chi connectivity index (χ1) is 13.8. The van der Waals surface area contributed by atoms with Gasteiger partial charge in [0.1, 0.15) is 11.6 Å². The van der Waals surface area contributed by atoms with E-state index in [4.69, 9.17) is 4.42 Å². The zero-order valence-corrected chi connectivity index (χ0v) is 17.0. The minimum absolute atomic E-state index is 0.108. The van der Waals surface area contributed by atoms with Crippen LogP contribution in [0, 0.1) is 12.7 Å². The molecule has 8 nitrogen and oxygen atoms in total. The number of likely N-dealkylation sites (N-methyl/N-ethyl adjacent to an activating group) is 1. The summed E-state index contributed by atoms with van der Waals surface area (Å²) in [6.45, 7) is 1.72. The van der Waals surface area contributed by atoms with Gasteiger partial charge in [0.15, 0.2) is 11.0 Å². The minimum atomic E-state index is -0.387. The number of furan rings is 1. The third-order valence-electron chi connectivity index (χ3n) is 4.19. The number of anilines is 1. The van der Waals surface area contributed by atoms with Crippen molar-refractivity contribution in [3.05, 3.63) is 48.2 Å². The van der Waals surface area contributed by atoms with Crippen LogP contribution >= 0.6 is 11.8 Å². The van der Waals surface area contributed by atoms with Crippen LogP contribution in [0.25, 0.3) is 11.4 Å². The zero-order chi connectivity index (χ0) is 21.0. The van der Waals surface area contributed by atoms with Gasteiger partial charge in [0.05, 0.1) is 24.1 Å². The number of halogens is 1. The molecule has 152 valence electrons. The number of thioether (sulfide) groups is 1. The van der Waals surface area contributed by atoms with E-state index in [0.717, 1.165) is 11.3 Å². The summed E-state index contributed by atoms with van der Waals surface area (Å²) in [7, 11) is 3.36. The number of carbonyl (C=O) groups is 2. The van der Waals surface area contributed by atoms with E-state index in [2.05, 4.69) is 15.5 Å². The first-order valence-corrected chi connectivity index (χ1v) is 9.69. The number of benzene rings is 1. The monoisotopic (exact) mass is 417 g/mol. The van der Waals surface area contributed by atoms with Crippen LogP contribution in [-0.2, 0) is 16.6 Å². The normalized spacial score (nSPS) is 10.8. The Bertz CT molecular complexity index is 1020. The highest BCUT2D eigenvalue weighted by Crippen LogP contribution is 2.25. The van der Waals surface area contributed by atoms with Crippen LogP contribution in [0.2, 0.25) is 0 Å². The molecule has 29 heavy (non-hydrogen) atoms. The van der Waals surface area contributed by atoms with Crippen LogP contribution in [0.5, 0.6) is 0 Å². The Balaban J connectivity index is 1.52. The summed E-state index contributed by atoms with van der Waals surface area (Å²) in [6, 6.07) is 7.23. The topological polar surface area (TPSA) is 93.3 Å². The van der Waals surface area contributed by atoms with Gasteiger partial charge in [0.2, 0.25) is 11.8 Å². The van der Waals surface area contributed by atoms with Crippen molar-refractivity contribution in [1.29, 1.82) is 0 Å². The molecule has 0 atom stereocenters. The van der Waals surface area contributed by atoms with Gasteiger partial charge in [0, 0.05) is 19.8 Å². The van der Waals surface area contributed by atoms with Crippen molar-refractivity contribution in [2.24, 2.45) is 7.05 Å². The van der Waals surface area contributed by atoms with Gasteiger partial charge in [-0.1, -0.05) is 11.8 Å². The van der Waals surface area contributed by atoms with E-state index in [1.54, 1.807) is 17.9 Å². The molecule has 0 saturated carbocycles. The Kier molecular flexibility index (Phi) is 6.32. The number of hydrogen-bond donors (Lipinski definition) is 1. The molecule has 1 N–H and O–H groups in total. The maximum absolute atomic E-state index is 12.9. The van der Waals surface area contributed by atoms with Crippen molar-refractivity contribution in [2.75, 3.05) is 24.7 Å². The molecule has 0 saturated heterocycles. The highest BCUT2D eigenvalue weighted by Gasteiger charge is 2.18. The fourth-order valence-corrected chi connectivity index (χ4v) is 3.42. The molecule has 2 heterocycles. The van der Waals surface area contributed by atoms with E-state index >= 15 is 0 Å². The van der Waals surface area contributed by atoms with Crippen molar-refractivity contribution in [3.63, 3.8) is 0 Å². The Morgan fingerprint density at radius 3 is 2.62 bits per heavy atom. The lowest BCUT2D eigenvalue weighted by molar-refractivity contribution is -0.131. The summed E-state index contributed by atoms with van der Waals surface area (Å²) in [4.78, 5) is 25.7. The Morgan fingerprint density at radius 1 is 1.24 bits per heavy atom. The second-order valence-electron chi connectivity index (χ2n) is 6.35. The molecular formula is C19H20FN5O3S. The van der Waals surface area contributed by atoms with Gasteiger partial charge in [-0.15, -0.1) is 10.2 Å². The molecule has 0 radical (unpaired) electrons. The van der Waals surface area contributed by atoms with E-state index in [1.807, 2.05) is 20.0 Å². The van der Waals surface area contributed by atoms with E-state index in [9.17, 15) is 14.0 Å². The third-order valence-corrected chi connectivity index (χ3v) is 5.20. The summed E-state index contributed by atoms with van der Waals surface area (Å²) in [5.41, 5.74) is 1.31. The fraction of sp³-hybridized carbons (Fsp3) is 0.263. The quantitative estimate of drug-likeness (QED) is 0.594. The average molecular weight is 417 g/mol. The SMILES string of the molecule is Cc1occc1-c1nnc(SCC(=O)N(C)CC(=O)Nc2ccc(F)cc2)n1C. The second kappa shape index (κ2) is 8.91. The van der Waals surface area contributed by atoms with E-state index in [0.29, 0.717) is 16.7 Å². The van der Waals surface area contributed by atoms with Crippen molar-refractivity contribution in [1.82, 2.24) is 19.7 Å². The fourth-order valence-electron chi connectivity index (χ4n) is 2.57. The van der Waals surface area contributed by atoms with Crippen LogP contribution in [-0.4, -0.2) is 50.8 Å². The number of aryl methyl sites for hydroxylation is 1. The summed E-state index contributed by atoms with van der Waals surface area (Å²) in [6.07, 6.45) is 1.58. The van der Waals surface area contributed by atoms with Crippen LogP contribution in [0.3, 0.4) is 0 Å². The van der Waals surface area contributed by atoms with E-state index in [1.165, 1.54) is 40.9 Å². The largest absolute Gasteiger partial charge is 0.469 e. The standard InChI is InChI=1S/C19H20FN5O3S/c1-12-15(8-9-28-12)18-22-23-19(25(18)3)29-11-17(27)24(2)10-16(26)21-14-6-4-13(20)5-7-14/h4-9H,10-11H2,1-3H3,(H,21,26). The first kappa shape index (κ1) is 20.6. The van der Waals surface area contributed by atoms with Crippen LogP contribution in [0.1, 0.15) is 5.76 Å². The number of rotatable bonds is 7. The number of amides is 2. The van der Waals surface area contributed by atoms with Gasteiger partial charge < -0.3 is 19.2 Å². The van der Waals surface area contributed by atoms with Crippen molar-refractivity contribution in [3.8, 4) is 11.4 Å². The summed E-state index contributed by atoms with van der Waals surface area (Å²) >= 11 is 1.23. The van der Waals surface area contributed by atoms with Gasteiger partial charge in [-0.3, -0.25) is 9.59 Å². The zero-order valence-electron chi connectivity index (χ0n) is 16.2. The van der Waals surface area contributed by atoms with Crippen molar-refractivity contribution < 1.29 is 18.4 Å². The van der Waals surface area contributed by atoms with Crippen LogP contribution < -0.4 is 5.32 Å². The summed E-state index contributed by atoms with van der Waals surface area (Å²) in [5.74, 6) is 0.513. The molecule has 1 aromatic carbocycles. The molecule has 3 rings (SSSR count). The van der Waals surface area contributed by atoms with Gasteiger partial charge in [-0.25, -0.2) is 4.39 Å². The Labute approximate surface area is 171 Å². The van der Waals surface area contributed by atoms with Gasteiger partial charge in [0.25, 0.3) is 0 Å². The second-order valence-corrected chi connectivity index (χ2v) is 7.29. The molecule has 0 fully saturated rings. The lowest BCUT2D eigenvalue weighted by atomic mass is 10.2. The van der Waals surface area contributed by atoms with Crippen molar-refractivity contribution in [2.45, 2.75) is 12.1 Å². The molecule has 0 aliphatic heterocycles. The number of aromatic nitrogens is 3. The summed E-state index contributed by atoms with van der Waals surface area (Å²) < 4.78 is 20.0. The van der Waals surface area contributed by atoms with Gasteiger partial charge in [-0.05, 0) is 37.3 Å². The molecule has 0 unspecified atom stereocenters. The number of carbonyl (C=O) groups excluding carboxylic acids is 2. The molecule has 0 aliphatic carbocycles. The lowest BCUT2D eigenvalue weighted by Gasteiger charge is -2.16. The predicted octanol–water partition coefficient (Wildman–Crippen LogP) is 2.71. The first-order valence-electron chi connectivity index (χ1n) is 8.71. The molecule has 0 bridgehead atoms. The molecule has 2 amide bonds. The molecule has 0 aliphatic rings. The van der Waals surface area contributed by atoms with Crippen LogP contribution in [0.15, 0.2) is 46.2 Å². The van der Waals surface area contributed by atoms with Gasteiger partial charge in [-0.2, -0.15) is 0 Å². The lowest BCUT2D eigenvalue weighted by Crippen LogP contribution is -2.36. The third kappa shape index (κ3) is 5.02. The molecule has 3 aromatic rings. The minimum Gasteiger partial charge on any atom is -0.469 e. The van der Waals surface area contributed by atoms with E-state index < -0.39 is 0 Å². The smallest absolute Gasteiger partial charge is 0.243 e. The number of nitrogens with one attached hydrogen (secondary N) is 1. The van der Waals surface area contributed by atoms with Gasteiger partial charge >= 0.3 is 0 Å². The number of nitrogens with zero attached hydrogens (tertiary/aromatic N) is 4. The highest BCUT2D eigenvalue weighted by atomic mass is 32.2. The Hall–Kier alpha value is -3.14.